The number of rotatable bonds is 6. The molecule has 2 aromatic rings. The monoisotopic (exact) mass is 355 g/mol. The van der Waals surface area contributed by atoms with E-state index in [9.17, 15) is 9.18 Å². The molecule has 2 aromatic carbocycles. The number of hydrogen-bond acceptors (Lipinski definition) is 3. The molecule has 1 fully saturated rings. The second kappa shape index (κ2) is 8.32. The molecule has 1 heterocycles. The van der Waals surface area contributed by atoms with E-state index in [-0.39, 0.29) is 5.82 Å². The van der Waals surface area contributed by atoms with Crippen LogP contribution in [0.5, 0.6) is 0 Å². The van der Waals surface area contributed by atoms with Crippen LogP contribution in [-0.2, 0) is 11.3 Å². The number of nitrogens with zero attached hydrogens (tertiary/aromatic N) is 2. The fourth-order valence-corrected chi connectivity index (χ4v) is 3.73. The molecule has 0 bridgehead atoms. The second-order valence-electron chi connectivity index (χ2n) is 6.95. The summed E-state index contributed by atoms with van der Waals surface area (Å²) in [5.74, 6) is -0.760. The minimum absolute atomic E-state index is 0.324. The third kappa shape index (κ3) is 4.22. The van der Waals surface area contributed by atoms with Gasteiger partial charge in [0.25, 0.3) is 0 Å². The molecule has 1 atom stereocenters. The van der Waals surface area contributed by atoms with E-state index in [0.29, 0.717) is 12.1 Å². The molecular weight excluding hydrogens is 329 g/mol. The average molecular weight is 355 g/mol. The first-order valence-electron chi connectivity index (χ1n) is 9.14. The molecule has 0 spiro atoms. The van der Waals surface area contributed by atoms with E-state index in [1.165, 1.54) is 42.6 Å². The van der Waals surface area contributed by atoms with Gasteiger partial charge >= 0.3 is 0 Å². The number of amides is 1. The van der Waals surface area contributed by atoms with Crippen LogP contribution in [0.25, 0.3) is 0 Å². The molecule has 1 aliphatic heterocycles. The van der Waals surface area contributed by atoms with E-state index in [1.54, 1.807) is 12.1 Å². The number of benzene rings is 2. The topological polar surface area (TPSA) is 49.6 Å². The fraction of sp³-hybridized carbons (Fsp3) is 0.381. The molecule has 0 unspecified atom stereocenters. The maximum atomic E-state index is 13.2. The Morgan fingerprint density at radius 1 is 1.12 bits per heavy atom. The maximum Gasteiger partial charge on any atom is 0.239 e. The highest BCUT2D eigenvalue weighted by Crippen LogP contribution is 2.28. The number of likely N-dealkylation sites (N-methyl/N-ethyl adjacent to an activating group) is 1. The lowest BCUT2D eigenvalue weighted by atomic mass is 10.0. The molecule has 0 radical (unpaired) electrons. The Kier molecular flexibility index (Phi) is 5.89. The standard InChI is InChI=1S/C21H26FN3O/c1-24(20(21(23)26)16-9-11-18(22)12-10-16)15-17-7-3-4-8-19(17)25-13-5-2-6-14-25/h3-4,7-12,20H,2,5-6,13-15H2,1H3,(H2,23,26)/t20-/m1/s1. The van der Waals surface area contributed by atoms with Crippen molar-refractivity contribution in [2.45, 2.75) is 31.8 Å². The van der Waals surface area contributed by atoms with Crippen LogP contribution >= 0.6 is 0 Å². The van der Waals surface area contributed by atoms with Gasteiger partial charge in [-0.1, -0.05) is 30.3 Å². The summed E-state index contributed by atoms with van der Waals surface area (Å²) in [6.45, 7) is 2.73. The third-order valence-corrected chi connectivity index (χ3v) is 5.00. The lowest BCUT2D eigenvalue weighted by Gasteiger charge is -2.32. The number of hydrogen-bond donors (Lipinski definition) is 1. The number of anilines is 1. The highest BCUT2D eigenvalue weighted by molar-refractivity contribution is 5.81. The lowest BCUT2D eigenvalue weighted by Crippen LogP contribution is -2.36. The Bertz CT molecular complexity index is 741. The fourth-order valence-electron chi connectivity index (χ4n) is 3.73. The summed E-state index contributed by atoms with van der Waals surface area (Å²) < 4.78 is 13.2. The van der Waals surface area contributed by atoms with Crippen LogP contribution in [0.15, 0.2) is 48.5 Å². The molecule has 3 rings (SSSR count). The van der Waals surface area contributed by atoms with Gasteiger partial charge in [-0.2, -0.15) is 0 Å². The molecule has 138 valence electrons. The predicted molar refractivity (Wildman–Crippen MR) is 102 cm³/mol. The van der Waals surface area contributed by atoms with E-state index in [0.717, 1.165) is 13.1 Å². The molecule has 5 heteroatoms. The quantitative estimate of drug-likeness (QED) is 0.863. The summed E-state index contributed by atoms with van der Waals surface area (Å²) in [5.41, 5.74) is 8.76. The molecule has 0 saturated carbocycles. The molecular formula is C21H26FN3O. The lowest BCUT2D eigenvalue weighted by molar-refractivity contribution is -0.123. The van der Waals surface area contributed by atoms with Gasteiger partial charge in [0.05, 0.1) is 0 Å². The minimum Gasteiger partial charge on any atom is -0.371 e. The van der Waals surface area contributed by atoms with E-state index in [2.05, 4.69) is 23.1 Å². The third-order valence-electron chi connectivity index (χ3n) is 5.00. The van der Waals surface area contributed by atoms with Crippen molar-refractivity contribution in [3.05, 3.63) is 65.5 Å². The van der Waals surface area contributed by atoms with Crippen molar-refractivity contribution in [3.8, 4) is 0 Å². The number of nitrogens with two attached hydrogens (primary N) is 1. The highest BCUT2D eigenvalue weighted by atomic mass is 19.1. The summed E-state index contributed by atoms with van der Waals surface area (Å²) in [5, 5.41) is 0. The molecule has 0 aliphatic carbocycles. The Morgan fingerprint density at radius 3 is 2.42 bits per heavy atom. The van der Waals surface area contributed by atoms with Crippen LogP contribution in [0.2, 0.25) is 0 Å². The van der Waals surface area contributed by atoms with Crippen LogP contribution in [0, 0.1) is 5.82 Å². The van der Waals surface area contributed by atoms with Crippen molar-refractivity contribution in [1.29, 1.82) is 0 Å². The molecule has 2 N–H and O–H groups in total. The molecule has 1 aliphatic rings. The van der Waals surface area contributed by atoms with Gasteiger partial charge in [-0.05, 0) is 55.6 Å². The Balaban J connectivity index is 1.82. The number of para-hydroxylation sites is 1. The van der Waals surface area contributed by atoms with Crippen molar-refractivity contribution in [2.75, 3.05) is 25.0 Å². The number of primary amides is 1. The van der Waals surface area contributed by atoms with Gasteiger partial charge < -0.3 is 10.6 Å². The van der Waals surface area contributed by atoms with Gasteiger partial charge in [0.1, 0.15) is 11.9 Å². The largest absolute Gasteiger partial charge is 0.371 e. The SMILES string of the molecule is CN(Cc1ccccc1N1CCCCC1)[C@@H](C(N)=O)c1ccc(F)cc1. The van der Waals surface area contributed by atoms with Crippen molar-refractivity contribution >= 4 is 11.6 Å². The molecule has 1 amide bonds. The first-order chi connectivity index (χ1) is 12.6. The molecule has 1 saturated heterocycles. The van der Waals surface area contributed by atoms with Gasteiger partial charge in [-0.3, -0.25) is 9.69 Å². The summed E-state index contributed by atoms with van der Waals surface area (Å²) in [6.07, 6.45) is 3.71. The van der Waals surface area contributed by atoms with E-state index in [1.807, 2.05) is 18.0 Å². The number of carbonyl (C=O) groups is 1. The van der Waals surface area contributed by atoms with Gasteiger partial charge in [-0.15, -0.1) is 0 Å². The molecule has 0 aromatic heterocycles. The summed E-state index contributed by atoms with van der Waals surface area (Å²) >= 11 is 0. The van der Waals surface area contributed by atoms with Gasteiger partial charge in [0.2, 0.25) is 5.91 Å². The maximum absolute atomic E-state index is 13.2. The summed E-state index contributed by atoms with van der Waals surface area (Å²) in [6, 6.07) is 13.7. The Labute approximate surface area is 154 Å². The molecule has 4 nitrogen and oxygen atoms in total. The normalized spacial score (nSPS) is 15.9. The van der Waals surface area contributed by atoms with Crippen molar-refractivity contribution in [1.82, 2.24) is 4.90 Å². The zero-order chi connectivity index (χ0) is 18.5. The van der Waals surface area contributed by atoms with Crippen molar-refractivity contribution < 1.29 is 9.18 Å². The zero-order valence-corrected chi connectivity index (χ0v) is 15.2. The zero-order valence-electron chi connectivity index (χ0n) is 15.2. The van der Waals surface area contributed by atoms with Crippen LogP contribution in [0.4, 0.5) is 10.1 Å². The Morgan fingerprint density at radius 2 is 1.77 bits per heavy atom. The summed E-state index contributed by atoms with van der Waals surface area (Å²) in [7, 11) is 1.88. The van der Waals surface area contributed by atoms with Gasteiger partial charge in [-0.25, -0.2) is 4.39 Å². The summed E-state index contributed by atoms with van der Waals surface area (Å²) in [4.78, 5) is 16.4. The first kappa shape index (κ1) is 18.4. The van der Waals surface area contributed by atoms with E-state index < -0.39 is 11.9 Å². The number of carbonyl (C=O) groups excluding carboxylic acids is 1. The predicted octanol–water partition coefficient (Wildman–Crippen LogP) is 3.47. The van der Waals surface area contributed by atoms with Crippen molar-refractivity contribution in [2.24, 2.45) is 5.73 Å². The van der Waals surface area contributed by atoms with Crippen LogP contribution < -0.4 is 10.6 Å². The van der Waals surface area contributed by atoms with E-state index in [4.69, 9.17) is 5.73 Å². The van der Waals surface area contributed by atoms with Gasteiger partial charge in [0.15, 0.2) is 0 Å². The highest BCUT2D eigenvalue weighted by Gasteiger charge is 2.24. The average Bonchev–Trinajstić information content (AvgIpc) is 2.64. The van der Waals surface area contributed by atoms with Crippen LogP contribution in [-0.4, -0.2) is 30.9 Å². The van der Waals surface area contributed by atoms with Crippen molar-refractivity contribution in [3.63, 3.8) is 0 Å². The number of piperidine rings is 1. The van der Waals surface area contributed by atoms with E-state index >= 15 is 0 Å². The smallest absolute Gasteiger partial charge is 0.239 e. The minimum atomic E-state index is -0.593. The second-order valence-corrected chi connectivity index (χ2v) is 6.95. The van der Waals surface area contributed by atoms with Crippen LogP contribution in [0.3, 0.4) is 0 Å². The Hall–Kier alpha value is -2.40. The first-order valence-corrected chi connectivity index (χ1v) is 9.14. The molecule has 26 heavy (non-hydrogen) atoms. The number of halogens is 1. The van der Waals surface area contributed by atoms with Crippen LogP contribution in [0.1, 0.15) is 36.4 Å². The van der Waals surface area contributed by atoms with Gasteiger partial charge in [0, 0.05) is 25.3 Å².